The smallest absolute Gasteiger partial charge is 0.216 e. The molecular weight excluding hydrogens is 409 g/mol. The average Bonchev–Trinajstić information content (AvgIpc) is 2.59. The lowest BCUT2D eigenvalue weighted by molar-refractivity contribution is 0.287. The van der Waals surface area contributed by atoms with Crippen LogP contribution < -0.4 is 14.2 Å². The van der Waals surface area contributed by atoms with Gasteiger partial charge in [-0.3, -0.25) is 0 Å². The Morgan fingerprint density at radius 1 is 0.963 bits per heavy atom. The summed E-state index contributed by atoms with van der Waals surface area (Å²) < 4.78 is 38.8. The summed E-state index contributed by atoms with van der Waals surface area (Å²) >= 11 is 11.8. The quantitative estimate of drug-likeness (QED) is 0.608. The molecule has 0 aromatic heterocycles. The summed E-state index contributed by atoms with van der Waals surface area (Å²) in [7, 11) is -3.58. The van der Waals surface area contributed by atoms with Crippen LogP contribution in [0.3, 0.4) is 0 Å². The molecule has 0 aliphatic rings. The second kappa shape index (κ2) is 9.64. The maximum absolute atomic E-state index is 12.5. The van der Waals surface area contributed by atoms with Gasteiger partial charge in [0.05, 0.1) is 29.0 Å². The summed E-state index contributed by atoms with van der Waals surface area (Å²) in [4.78, 5) is 0. The highest BCUT2D eigenvalue weighted by atomic mass is 35.5. The monoisotopic (exact) mass is 431 g/mol. The molecule has 0 aliphatic carbocycles. The summed E-state index contributed by atoms with van der Waals surface area (Å²) in [5.41, 5.74) is 1.34. The molecule has 0 amide bonds. The zero-order valence-corrected chi connectivity index (χ0v) is 17.8. The molecular formula is C19H23Cl2NO4S. The molecule has 2 aromatic carbocycles. The Kier molecular flexibility index (Phi) is 7.79. The first-order valence-electron chi connectivity index (χ1n) is 8.59. The molecule has 27 heavy (non-hydrogen) atoms. The molecule has 0 aliphatic heterocycles. The van der Waals surface area contributed by atoms with Crippen molar-refractivity contribution in [1.82, 2.24) is 4.72 Å². The van der Waals surface area contributed by atoms with E-state index in [1.54, 1.807) is 37.3 Å². The summed E-state index contributed by atoms with van der Waals surface area (Å²) in [6.45, 7) is 6.55. The van der Waals surface area contributed by atoms with E-state index in [4.69, 9.17) is 32.7 Å². The van der Waals surface area contributed by atoms with Crippen molar-refractivity contribution >= 4 is 33.2 Å². The van der Waals surface area contributed by atoms with E-state index in [-0.39, 0.29) is 5.75 Å². The van der Waals surface area contributed by atoms with Crippen LogP contribution in [0.4, 0.5) is 0 Å². The molecule has 8 heteroatoms. The van der Waals surface area contributed by atoms with Gasteiger partial charge in [0.2, 0.25) is 10.0 Å². The van der Waals surface area contributed by atoms with Crippen LogP contribution in [0, 0.1) is 0 Å². The van der Waals surface area contributed by atoms with Crippen LogP contribution in [-0.4, -0.2) is 21.6 Å². The number of hydrogen-bond acceptors (Lipinski definition) is 4. The molecule has 5 nitrogen and oxygen atoms in total. The van der Waals surface area contributed by atoms with Gasteiger partial charge in [-0.05, 0) is 56.2 Å². The Hall–Kier alpha value is -1.47. The van der Waals surface area contributed by atoms with Crippen molar-refractivity contribution in [3.05, 3.63) is 57.6 Å². The fourth-order valence-corrected chi connectivity index (χ4v) is 4.26. The molecule has 2 rings (SSSR count). The van der Waals surface area contributed by atoms with Crippen LogP contribution in [0.25, 0.3) is 0 Å². The summed E-state index contributed by atoms with van der Waals surface area (Å²) in [5.74, 6) is 1.03. The Morgan fingerprint density at radius 3 is 2.26 bits per heavy atom. The number of ether oxygens (including phenoxy) is 2. The van der Waals surface area contributed by atoms with E-state index in [2.05, 4.69) is 4.72 Å². The van der Waals surface area contributed by atoms with E-state index in [1.165, 1.54) is 0 Å². The second-order valence-electron chi connectivity index (χ2n) is 5.92. The first-order valence-corrected chi connectivity index (χ1v) is 11.0. The number of sulfonamides is 1. The lowest BCUT2D eigenvalue weighted by Gasteiger charge is -2.18. The Labute approximate surface area is 170 Å². The molecule has 1 N–H and O–H groups in total. The van der Waals surface area contributed by atoms with Crippen molar-refractivity contribution in [2.75, 3.05) is 13.2 Å². The minimum absolute atomic E-state index is 0.191. The number of nitrogens with one attached hydrogen (secondary N) is 1. The normalized spacial score (nSPS) is 12.6. The van der Waals surface area contributed by atoms with Crippen LogP contribution in [0.15, 0.2) is 36.4 Å². The average molecular weight is 432 g/mol. The Balaban J connectivity index is 2.15. The number of rotatable bonds is 9. The molecule has 0 unspecified atom stereocenters. The minimum atomic E-state index is -3.58. The first-order chi connectivity index (χ1) is 12.8. The zero-order valence-electron chi connectivity index (χ0n) is 15.5. The molecule has 1 atom stereocenters. The van der Waals surface area contributed by atoms with Gasteiger partial charge in [0.1, 0.15) is 0 Å². The molecule has 0 saturated carbocycles. The predicted molar refractivity (Wildman–Crippen MR) is 109 cm³/mol. The lowest BCUT2D eigenvalue weighted by atomic mass is 10.1. The fraction of sp³-hybridized carbons (Fsp3) is 0.368. The third kappa shape index (κ3) is 6.28. The van der Waals surface area contributed by atoms with Crippen molar-refractivity contribution in [2.45, 2.75) is 32.6 Å². The number of halogens is 2. The van der Waals surface area contributed by atoms with E-state index in [0.29, 0.717) is 40.3 Å². The maximum atomic E-state index is 12.5. The third-order valence-corrected chi connectivity index (χ3v) is 5.93. The molecule has 0 saturated heterocycles. The van der Waals surface area contributed by atoms with Gasteiger partial charge < -0.3 is 9.47 Å². The first kappa shape index (κ1) is 21.8. The van der Waals surface area contributed by atoms with Crippen LogP contribution in [0.2, 0.25) is 10.0 Å². The molecule has 2 aromatic rings. The van der Waals surface area contributed by atoms with Crippen LogP contribution in [-0.2, 0) is 15.8 Å². The van der Waals surface area contributed by atoms with Gasteiger partial charge in [-0.1, -0.05) is 35.3 Å². The van der Waals surface area contributed by atoms with Gasteiger partial charge in [0.15, 0.2) is 11.5 Å². The van der Waals surface area contributed by atoms with E-state index in [9.17, 15) is 8.42 Å². The fourth-order valence-electron chi connectivity index (χ4n) is 2.56. The third-order valence-electron chi connectivity index (χ3n) is 3.76. The van der Waals surface area contributed by atoms with Crippen molar-refractivity contribution in [2.24, 2.45) is 0 Å². The van der Waals surface area contributed by atoms with Gasteiger partial charge in [0, 0.05) is 6.04 Å². The Morgan fingerprint density at radius 2 is 1.63 bits per heavy atom. The van der Waals surface area contributed by atoms with Crippen LogP contribution in [0.5, 0.6) is 11.5 Å². The summed E-state index contributed by atoms with van der Waals surface area (Å²) in [5, 5.41) is 0.710. The number of benzene rings is 2. The van der Waals surface area contributed by atoms with Crippen LogP contribution in [0.1, 0.15) is 37.9 Å². The van der Waals surface area contributed by atoms with Gasteiger partial charge in [-0.2, -0.15) is 0 Å². The summed E-state index contributed by atoms with van der Waals surface area (Å²) in [6, 6.07) is 9.74. The van der Waals surface area contributed by atoms with Crippen molar-refractivity contribution in [3.8, 4) is 11.5 Å². The molecule has 0 radical (unpaired) electrons. The molecule has 0 bridgehead atoms. The summed E-state index contributed by atoms with van der Waals surface area (Å²) in [6.07, 6.45) is 0. The van der Waals surface area contributed by atoms with Gasteiger partial charge >= 0.3 is 0 Å². The topological polar surface area (TPSA) is 64.6 Å². The van der Waals surface area contributed by atoms with Crippen molar-refractivity contribution in [1.29, 1.82) is 0 Å². The van der Waals surface area contributed by atoms with Gasteiger partial charge in [-0.25, -0.2) is 13.1 Å². The molecule has 0 spiro atoms. The molecule has 0 heterocycles. The predicted octanol–water partition coefficient (Wildman–Crippen LogP) is 4.97. The largest absolute Gasteiger partial charge is 0.490 e. The van der Waals surface area contributed by atoms with Crippen molar-refractivity contribution in [3.63, 3.8) is 0 Å². The van der Waals surface area contributed by atoms with Gasteiger partial charge in [0.25, 0.3) is 0 Å². The Bertz CT molecular complexity index is 887. The number of hydrogen-bond donors (Lipinski definition) is 1. The second-order valence-corrected chi connectivity index (χ2v) is 8.49. The zero-order chi connectivity index (χ0) is 20.0. The highest BCUT2D eigenvalue weighted by Gasteiger charge is 2.18. The maximum Gasteiger partial charge on any atom is 0.216 e. The van der Waals surface area contributed by atoms with E-state index < -0.39 is 16.1 Å². The van der Waals surface area contributed by atoms with E-state index in [1.807, 2.05) is 19.9 Å². The van der Waals surface area contributed by atoms with Crippen molar-refractivity contribution < 1.29 is 17.9 Å². The highest BCUT2D eigenvalue weighted by molar-refractivity contribution is 7.88. The minimum Gasteiger partial charge on any atom is -0.490 e. The standard InChI is InChI=1S/C19H23Cl2NO4S/c1-4-25-18-9-7-15(11-19(18)26-5-2)13(3)22-27(23,24)12-14-6-8-16(20)17(21)10-14/h6-11,13,22H,4-5,12H2,1-3H3/t13-/m1/s1. The molecule has 148 valence electrons. The van der Waals surface area contributed by atoms with Crippen LogP contribution >= 0.6 is 23.2 Å². The van der Waals surface area contributed by atoms with E-state index >= 15 is 0 Å². The highest BCUT2D eigenvalue weighted by Crippen LogP contribution is 2.31. The van der Waals surface area contributed by atoms with E-state index in [0.717, 1.165) is 5.56 Å². The SMILES string of the molecule is CCOc1ccc([C@@H](C)NS(=O)(=O)Cc2ccc(Cl)c(Cl)c2)cc1OCC. The molecule has 0 fully saturated rings. The van der Waals surface area contributed by atoms with Gasteiger partial charge in [-0.15, -0.1) is 0 Å². The lowest BCUT2D eigenvalue weighted by Crippen LogP contribution is -2.28.